The molecule has 66 heavy (non-hydrogen) atoms. The molecule has 3 aromatic rings. The number of hydrogen-bond donors (Lipinski definition) is 3. The molecule has 354 valence electrons. The van der Waals surface area contributed by atoms with Gasteiger partial charge < -0.3 is 20.1 Å². The van der Waals surface area contributed by atoms with E-state index in [2.05, 4.69) is 58.8 Å². The van der Waals surface area contributed by atoms with Gasteiger partial charge in [-0.3, -0.25) is 19.2 Å². The number of nitrogens with zero attached hydrogens (tertiary/aromatic N) is 1. The molecule has 0 saturated heterocycles. The summed E-state index contributed by atoms with van der Waals surface area (Å²) in [5.74, 6) is -0.107. The van der Waals surface area contributed by atoms with Crippen LogP contribution in [0, 0.1) is 73.4 Å². The van der Waals surface area contributed by atoms with Crippen molar-refractivity contribution in [3.05, 3.63) is 89.4 Å². The van der Waals surface area contributed by atoms with Crippen LogP contribution in [0.2, 0.25) is 0 Å². The molecule has 0 spiro atoms. The molecular formula is C57H75N3O6. The quantitative estimate of drug-likeness (QED) is 0.172. The third-order valence-corrected chi connectivity index (χ3v) is 20.6. The number of rotatable bonds is 10. The fourth-order valence-electron chi connectivity index (χ4n) is 17.0. The minimum absolute atomic E-state index is 0.00790. The van der Waals surface area contributed by atoms with E-state index in [1.807, 2.05) is 94.6 Å². The summed E-state index contributed by atoms with van der Waals surface area (Å²) in [4.78, 5) is 65.4. The van der Waals surface area contributed by atoms with E-state index in [1.54, 1.807) is 0 Å². The normalized spacial score (nSPS) is 36.6. The number of fused-ring (bicyclic) bond motifs is 7. The SMILES string of the molecule is CC(C)C1=C2[C@H]3CC[C@@H]4[C@]5(C)CC[C@H]([C@@]6(C(=O)O)C[C@@H](C(=O)OCc7ccccc7)C6(C)C)C(C)(C)[C@H]5CC[C@@]4(C)[C@]3(C)CC[C@@]2(C(=O)NC(C)(C)c2ncc(-c3ccccc3)[nH]2)CC1=O. The Bertz CT molecular complexity index is 2470. The number of esters is 1. The van der Waals surface area contributed by atoms with Gasteiger partial charge in [-0.25, -0.2) is 4.98 Å². The highest BCUT2D eigenvalue weighted by Crippen LogP contribution is 2.79. The molecule has 5 saturated carbocycles. The second-order valence-corrected chi connectivity index (χ2v) is 24.6. The van der Waals surface area contributed by atoms with Gasteiger partial charge in [0.2, 0.25) is 5.91 Å². The van der Waals surface area contributed by atoms with E-state index in [-0.39, 0.29) is 70.1 Å². The van der Waals surface area contributed by atoms with Gasteiger partial charge in [0, 0.05) is 6.42 Å². The number of nitrogens with one attached hydrogen (secondary N) is 2. The van der Waals surface area contributed by atoms with Gasteiger partial charge in [-0.1, -0.05) is 123 Å². The highest BCUT2D eigenvalue weighted by Gasteiger charge is 2.76. The molecular weight excluding hydrogens is 823 g/mol. The number of allylic oxidation sites excluding steroid dienone is 1. The van der Waals surface area contributed by atoms with Crippen LogP contribution >= 0.6 is 0 Å². The third-order valence-electron chi connectivity index (χ3n) is 20.6. The molecule has 1 heterocycles. The van der Waals surface area contributed by atoms with Crippen LogP contribution in [-0.4, -0.2) is 38.7 Å². The maximum Gasteiger partial charge on any atom is 0.310 e. The molecule has 10 atom stereocenters. The maximum atomic E-state index is 15.2. The number of H-pyrrole nitrogens is 1. The Labute approximate surface area is 393 Å². The smallest absolute Gasteiger partial charge is 0.310 e. The number of ketones is 1. The van der Waals surface area contributed by atoms with Crippen molar-refractivity contribution in [2.45, 2.75) is 153 Å². The number of aromatic amines is 1. The first-order valence-electron chi connectivity index (χ1n) is 25.1. The Balaban J connectivity index is 0.983. The Hall–Kier alpha value is -4.53. The Kier molecular flexibility index (Phi) is 10.9. The molecule has 0 unspecified atom stereocenters. The van der Waals surface area contributed by atoms with Crippen LogP contribution in [0.1, 0.15) is 152 Å². The maximum absolute atomic E-state index is 15.2. The topological polar surface area (TPSA) is 138 Å². The first kappa shape index (κ1) is 46.6. The van der Waals surface area contributed by atoms with Crippen molar-refractivity contribution in [2.75, 3.05) is 0 Å². The van der Waals surface area contributed by atoms with Crippen LogP contribution in [0.3, 0.4) is 0 Å². The lowest BCUT2D eigenvalue weighted by atomic mass is 9.29. The van der Waals surface area contributed by atoms with Gasteiger partial charge in [0.15, 0.2) is 5.78 Å². The predicted octanol–water partition coefficient (Wildman–Crippen LogP) is 11.9. The van der Waals surface area contributed by atoms with Crippen molar-refractivity contribution in [2.24, 2.45) is 73.4 Å². The standard InChI is InChI=1S/C57H75N3O6/c1-34(2)44-40(61)31-56(48(63)60-52(7,8)47-58-32-39(59-47)36-20-16-13-17-21-36)29-28-54(10)37(45(44)56)22-23-43-53(9)26-24-42(50(3,4)41(53)25-27-55(43,54)11)57(49(64)65)30-38(51(57,5)6)46(62)66-33-35-18-14-12-15-19-35/h12-21,32,34,37-38,41-43H,22-31,33H2,1-11H3,(H,58,59)(H,60,63)(H,64,65)/t37-,38+,41-,42+,43-,53-,54-,55-,56-,57-/m1/s1. The molecule has 6 aliphatic rings. The molecule has 0 radical (unpaired) electrons. The second-order valence-electron chi connectivity index (χ2n) is 24.6. The van der Waals surface area contributed by atoms with Crippen molar-refractivity contribution < 1.29 is 29.0 Å². The summed E-state index contributed by atoms with van der Waals surface area (Å²) in [5.41, 5.74) is 0.796. The fourth-order valence-corrected chi connectivity index (χ4v) is 17.0. The molecule has 3 N–H and O–H groups in total. The van der Waals surface area contributed by atoms with Crippen LogP contribution in [-0.2, 0) is 36.1 Å². The summed E-state index contributed by atoms with van der Waals surface area (Å²) >= 11 is 0. The number of amides is 1. The fraction of sp³-hybridized carbons (Fsp3) is 0.632. The zero-order valence-electron chi connectivity index (χ0n) is 41.5. The summed E-state index contributed by atoms with van der Waals surface area (Å²) in [5, 5.41) is 14.8. The number of ether oxygens (including phenoxy) is 1. The van der Waals surface area contributed by atoms with E-state index >= 15 is 4.79 Å². The Morgan fingerprint density at radius 2 is 1.48 bits per heavy atom. The molecule has 2 aromatic carbocycles. The third kappa shape index (κ3) is 6.38. The number of hydrogen-bond acceptors (Lipinski definition) is 6. The molecule has 0 aliphatic heterocycles. The molecule has 1 amide bonds. The van der Waals surface area contributed by atoms with Gasteiger partial charge in [-0.2, -0.15) is 0 Å². The van der Waals surface area contributed by atoms with E-state index < -0.39 is 33.7 Å². The van der Waals surface area contributed by atoms with E-state index in [1.165, 1.54) is 0 Å². The molecule has 5 fully saturated rings. The van der Waals surface area contributed by atoms with E-state index in [0.717, 1.165) is 72.9 Å². The van der Waals surface area contributed by atoms with Crippen LogP contribution in [0.15, 0.2) is 78.0 Å². The Morgan fingerprint density at radius 1 is 0.833 bits per heavy atom. The van der Waals surface area contributed by atoms with E-state index in [9.17, 15) is 19.5 Å². The van der Waals surface area contributed by atoms with Crippen LogP contribution in [0.25, 0.3) is 11.3 Å². The summed E-state index contributed by atoms with van der Waals surface area (Å²) in [6, 6.07) is 19.7. The minimum atomic E-state index is -1.05. The van der Waals surface area contributed by atoms with Gasteiger partial charge in [0.05, 0.1) is 34.2 Å². The summed E-state index contributed by atoms with van der Waals surface area (Å²) in [7, 11) is 0. The van der Waals surface area contributed by atoms with Gasteiger partial charge in [-0.15, -0.1) is 0 Å². The number of benzene rings is 2. The second kappa shape index (κ2) is 15.5. The monoisotopic (exact) mass is 898 g/mol. The van der Waals surface area contributed by atoms with Crippen molar-refractivity contribution in [3.63, 3.8) is 0 Å². The summed E-state index contributed by atoms with van der Waals surface area (Å²) in [6.45, 7) is 24.7. The lowest BCUT2D eigenvalue weighted by molar-refractivity contribution is -0.261. The first-order chi connectivity index (χ1) is 30.9. The lowest BCUT2D eigenvalue weighted by Crippen LogP contribution is -2.71. The average Bonchev–Trinajstić information content (AvgIpc) is 3.88. The van der Waals surface area contributed by atoms with E-state index in [0.29, 0.717) is 30.5 Å². The number of imidazole rings is 1. The lowest BCUT2D eigenvalue weighted by Gasteiger charge is -2.74. The molecule has 0 bridgehead atoms. The van der Waals surface area contributed by atoms with Gasteiger partial charge in [0.1, 0.15) is 12.4 Å². The Morgan fingerprint density at radius 3 is 2.12 bits per heavy atom. The number of carboxylic acids is 1. The van der Waals surface area contributed by atoms with E-state index in [4.69, 9.17) is 9.72 Å². The number of carboxylic acid groups (broad SMARTS) is 1. The minimum Gasteiger partial charge on any atom is -0.481 e. The van der Waals surface area contributed by atoms with Gasteiger partial charge in [0.25, 0.3) is 0 Å². The largest absolute Gasteiger partial charge is 0.481 e. The molecule has 9 nitrogen and oxygen atoms in total. The average molecular weight is 898 g/mol. The van der Waals surface area contributed by atoms with Crippen LogP contribution in [0.5, 0.6) is 0 Å². The number of Topliss-reactive ketones (excluding diaryl/α,β-unsaturated/α-hetero) is 1. The number of aromatic nitrogens is 2. The van der Waals surface area contributed by atoms with Crippen molar-refractivity contribution in [1.29, 1.82) is 0 Å². The molecule has 9 rings (SSSR count). The molecule has 6 aliphatic carbocycles. The zero-order valence-corrected chi connectivity index (χ0v) is 41.5. The number of carbonyl (C=O) groups excluding carboxylic acids is 3. The highest BCUT2D eigenvalue weighted by atomic mass is 16.5. The zero-order chi connectivity index (χ0) is 47.6. The van der Waals surface area contributed by atoms with Crippen LogP contribution in [0.4, 0.5) is 0 Å². The van der Waals surface area contributed by atoms with Crippen molar-refractivity contribution in [3.8, 4) is 11.3 Å². The predicted molar refractivity (Wildman–Crippen MR) is 256 cm³/mol. The van der Waals surface area contributed by atoms with Gasteiger partial charge in [-0.05, 0) is 151 Å². The number of carbonyl (C=O) groups is 4. The van der Waals surface area contributed by atoms with Gasteiger partial charge >= 0.3 is 11.9 Å². The summed E-state index contributed by atoms with van der Waals surface area (Å²) in [6.07, 6.45) is 9.55. The van der Waals surface area contributed by atoms with Crippen LogP contribution < -0.4 is 5.32 Å². The molecule has 9 heteroatoms. The highest BCUT2D eigenvalue weighted by molar-refractivity contribution is 6.07. The molecule has 1 aromatic heterocycles. The first-order valence-corrected chi connectivity index (χ1v) is 25.1. The number of aliphatic carboxylic acids is 1. The van der Waals surface area contributed by atoms with Crippen molar-refractivity contribution >= 4 is 23.6 Å². The summed E-state index contributed by atoms with van der Waals surface area (Å²) < 4.78 is 5.85. The van der Waals surface area contributed by atoms with Crippen molar-refractivity contribution in [1.82, 2.24) is 15.3 Å².